The Morgan fingerprint density at radius 3 is 2.37 bits per heavy atom. The minimum absolute atomic E-state index is 0.175. The molecule has 0 bridgehead atoms. The average Bonchev–Trinajstić information content (AvgIpc) is 3.06. The van der Waals surface area contributed by atoms with Crippen molar-refractivity contribution >= 4 is 29.2 Å². The van der Waals surface area contributed by atoms with Crippen LogP contribution in [-0.2, 0) is 4.74 Å². The molecular weight excluding hydrogens is 584 g/mol. The maximum absolute atomic E-state index is 14.3. The van der Waals surface area contributed by atoms with Crippen LogP contribution in [0.15, 0.2) is 78.9 Å². The highest BCUT2D eigenvalue weighted by atomic mass is 16.5. The largest absolute Gasteiger partial charge is 0.490 e. The van der Waals surface area contributed by atoms with Gasteiger partial charge in [0.1, 0.15) is 5.75 Å². The van der Waals surface area contributed by atoms with Gasteiger partial charge < -0.3 is 35.0 Å². The summed E-state index contributed by atoms with van der Waals surface area (Å²) in [5, 5.41) is 16.0. The number of fused-ring (bicyclic) bond motifs is 1. The molecule has 3 aromatic carbocycles. The summed E-state index contributed by atoms with van der Waals surface area (Å²) in [6, 6.07) is 22.4. The minimum atomic E-state index is -0.518. The van der Waals surface area contributed by atoms with E-state index in [1.807, 2.05) is 50.2 Å². The zero-order chi connectivity index (χ0) is 33.1. The molecule has 46 heavy (non-hydrogen) atoms. The number of ether oxygens (including phenoxy) is 2. The highest BCUT2D eigenvalue weighted by Gasteiger charge is 2.31. The number of carbonyl (C=O) groups excluding carboxylic acids is 3. The molecule has 4 rings (SSSR count). The molecule has 0 aliphatic carbocycles. The number of hydrogen-bond acceptors (Lipinski definition) is 6. The summed E-state index contributed by atoms with van der Waals surface area (Å²) in [7, 11) is 1.72. The van der Waals surface area contributed by atoms with Gasteiger partial charge in [0.25, 0.3) is 11.8 Å². The Bertz CT molecular complexity index is 1440. The summed E-state index contributed by atoms with van der Waals surface area (Å²) in [5.41, 5.74) is 1.94. The van der Waals surface area contributed by atoms with Gasteiger partial charge in [0.05, 0.1) is 30.4 Å². The van der Waals surface area contributed by atoms with Gasteiger partial charge >= 0.3 is 6.03 Å². The van der Waals surface area contributed by atoms with Crippen LogP contribution in [-0.4, -0.2) is 84.4 Å². The molecule has 0 saturated heterocycles. The van der Waals surface area contributed by atoms with Crippen LogP contribution in [0.3, 0.4) is 0 Å². The number of para-hydroxylation sites is 1. The molecule has 1 heterocycles. The van der Waals surface area contributed by atoms with Gasteiger partial charge in [-0.3, -0.25) is 9.59 Å². The summed E-state index contributed by atoms with van der Waals surface area (Å²) < 4.78 is 12.6. The molecule has 3 aromatic rings. The molecule has 10 heteroatoms. The molecule has 0 spiro atoms. The summed E-state index contributed by atoms with van der Waals surface area (Å²) in [6.45, 7) is 6.55. The topological polar surface area (TPSA) is 120 Å². The van der Waals surface area contributed by atoms with Gasteiger partial charge in [-0.1, -0.05) is 43.3 Å². The first-order chi connectivity index (χ1) is 22.2. The molecule has 4 atom stereocenters. The SMILES string of the molecule is C[C@@H]1CCCCO[C@H](CN(C)C(=O)Nc2ccccc2)[C@H](C)CN([C@@H](C)CO)C(=O)c2cc(NC(=O)c3ccccc3)ccc2O1. The Balaban J connectivity index is 1.60. The van der Waals surface area contributed by atoms with Crippen LogP contribution >= 0.6 is 0 Å². The number of anilines is 2. The molecule has 0 fully saturated rings. The lowest BCUT2D eigenvalue weighted by Gasteiger charge is -2.35. The number of nitrogens with zero attached hydrogens (tertiary/aromatic N) is 2. The van der Waals surface area contributed by atoms with Gasteiger partial charge in [-0.2, -0.15) is 0 Å². The van der Waals surface area contributed by atoms with E-state index in [0.29, 0.717) is 41.4 Å². The van der Waals surface area contributed by atoms with E-state index in [1.54, 1.807) is 66.2 Å². The number of aliphatic hydroxyl groups is 1. The number of rotatable bonds is 7. The summed E-state index contributed by atoms with van der Waals surface area (Å²) in [4.78, 5) is 43.4. The number of nitrogens with one attached hydrogen (secondary N) is 2. The fourth-order valence-electron chi connectivity index (χ4n) is 5.35. The first-order valence-electron chi connectivity index (χ1n) is 15.9. The number of likely N-dealkylation sites (N-methyl/N-ethyl adjacent to an activating group) is 1. The van der Waals surface area contributed by atoms with E-state index >= 15 is 0 Å². The van der Waals surface area contributed by atoms with Crippen molar-refractivity contribution in [2.75, 3.05) is 44.0 Å². The third-order valence-corrected chi connectivity index (χ3v) is 8.17. The lowest BCUT2D eigenvalue weighted by molar-refractivity contribution is -0.0115. The number of carbonyl (C=O) groups is 3. The average molecular weight is 631 g/mol. The molecule has 0 aromatic heterocycles. The predicted octanol–water partition coefficient (Wildman–Crippen LogP) is 5.90. The van der Waals surface area contributed by atoms with Crippen LogP contribution in [0.1, 0.15) is 60.7 Å². The first kappa shape index (κ1) is 34.5. The van der Waals surface area contributed by atoms with Crippen LogP contribution in [0.4, 0.5) is 16.2 Å². The van der Waals surface area contributed by atoms with Crippen molar-refractivity contribution in [1.29, 1.82) is 0 Å². The van der Waals surface area contributed by atoms with Gasteiger partial charge in [-0.05, 0) is 75.6 Å². The van der Waals surface area contributed by atoms with Crippen LogP contribution in [0.25, 0.3) is 0 Å². The number of amides is 4. The number of aliphatic hydroxyl groups excluding tert-OH is 1. The third-order valence-electron chi connectivity index (χ3n) is 8.17. The van der Waals surface area contributed by atoms with E-state index in [1.165, 1.54) is 0 Å². The van der Waals surface area contributed by atoms with Crippen LogP contribution in [0.5, 0.6) is 5.75 Å². The summed E-state index contributed by atoms with van der Waals surface area (Å²) in [5.74, 6) is -0.410. The van der Waals surface area contributed by atoms with Crippen molar-refractivity contribution in [2.24, 2.45) is 5.92 Å². The maximum atomic E-state index is 14.3. The van der Waals surface area contributed by atoms with Crippen molar-refractivity contribution in [3.63, 3.8) is 0 Å². The highest BCUT2D eigenvalue weighted by Crippen LogP contribution is 2.29. The molecule has 0 radical (unpaired) electrons. The molecule has 0 unspecified atom stereocenters. The van der Waals surface area contributed by atoms with E-state index in [9.17, 15) is 19.5 Å². The molecule has 1 aliphatic heterocycles. The zero-order valence-corrected chi connectivity index (χ0v) is 27.1. The minimum Gasteiger partial charge on any atom is -0.490 e. The molecule has 1 aliphatic rings. The number of hydrogen-bond donors (Lipinski definition) is 3. The van der Waals surface area contributed by atoms with Crippen LogP contribution in [0, 0.1) is 5.92 Å². The lowest BCUT2D eigenvalue weighted by Crippen LogP contribution is -2.48. The standard InChI is InChI=1S/C36H46N4O6/c1-25-22-40(26(2)24-41)35(43)31-21-30(37-34(42)28-14-7-5-8-15-28)18-19-32(31)46-27(3)13-11-12-20-45-33(25)23-39(4)36(44)38-29-16-9-6-10-17-29/h5-10,14-19,21,25-27,33,41H,11-13,20,22-24H2,1-4H3,(H,37,42)(H,38,44)/t25-,26+,27-,33-/m1/s1. The summed E-state index contributed by atoms with van der Waals surface area (Å²) >= 11 is 0. The fraction of sp³-hybridized carbons (Fsp3) is 0.417. The highest BCUT2D eigenvalue weighted by molar-refractivity contribution is 6.05. The Hall–Kier alpha value is -4.41. The predicted molar refractivity (Wildman–Crippen MR) is 179 cm³/mol. The van der Waals surface area contributed by atoms with E-state index in [2.05, 4.69) is 10.6 Å². The maximum Gasteiger partial charge on any atom is 0.321 e. The molecule has 10 nitrogen and oxygen atoms in total. The Morgan fingerprint density at radius 1 is 0.978 bits per heavy atom. The second-order valence-corrected chi connectivity index (χ2v) is 12.0. The van der Waals surface area contributed by atoms with Gasteiger partial charge in [0.2, 0.25) is 0 Å². The summed E-state index contributed by atoms with van der Waals surface area (Å²) in [6.07, 6.45) is 1.86. The Labute approximate surface area is 271 Å². The van der Waals surface area contributed by atoms with E-state index in [0.717, 1.165) is 19.3 Å². The van der Waals surface area contributed by atoms with Crippen molar-refractivity contribution in [2.45, 2.75) is 58.3 Å². The number of urea groups is 1. The lowest BCUT2D eigenvalue weighted by atomic mass is 10.0. The van der Waals surface area contributed by atoms with Crippen LogP contribution < -0.4 is 15.4 Å². The van der Waals surface area contributed by atoms with E-state index in [-0.39, 0.29) is 49.1 Å². The molecule has 246 valence electrons. The van der Waals surface area contributed by atoms with Crippen molar-refractivity contribution in [3.05, 3.63) is 90.0 Å². The smallest absolute Gasteiger partial charge is 0.321 e. The van der Waals surface area contributed by atoms with Gasteiger partial charge in [0, 0.05) is 49.6 Å². The van der Waals surface area contributed by atoms with Gasteiger partial charge in [-0.25, -0.2) is 4.79 Å². The van der Waals surface area contributed by atoms with Crippen LogP contribution in [0.2, 0.25) is 0 Å². The van der Waals surface area contributed by atoms with Crippen molar-refractivity contribution in [3.8, 4) is 5.75 Å². The first-order valence-corrected chi connectivity index (χ1v) is 15.9. The van der Waals surface area contributed by atoms with Crippen molar-refractivity contribution in [1.82, 2.24) is 9.80 Å². The third kappa shape index (κ3) is 9.55. The molecule has 0 saturated carbocycles. The number of benzene rings is 3. The fourth-order valence-corrected chi connectivity index (χ4v) is 5.35. The Morgan fingerprint density at radius 2 is 1.67 bits per heavy atom. The van der Waals surface area contributed by atoms with Crippen molar-refractivity contribution < 1.29 is 29.0 Å². The second-order valence-electron chi connectivity index (χ2n) is 12.0. The normalized spacial score (nSPS) is 20.0. The quantitative estimate of drug-likeness (QED) is 0.299. The zero-order valence-electron chi connectivity index (χ0n) is 27.1. The van der Waals surface area contributed by atoms with Gasteiger partial charge in [0.15, 0.2) is 0 Å². The molecular formula is C36H46N4O6. The van der Waals surface area contributed by atoms with E-state index in [4.69, 9.17) is 9.47 Å². The Kier molecular flexibility index (Phi) is 12.6. The van der Waals surface area contributed by atoms with Gasteiger partial charge in [-0.15, -0.1) is 0 Å². The molecule has 3 N–H and O–H groups in total. The monoisotopic (exact) mass is 630 g/mol. The van der Waals surface area contributed by atoms with E-state index < -0.39 is 6.04 Å². The second kappa shape index (κ2) is 16.8. The molecule has 4 amide bonds.